The molecule has 4 aromatic rings. The van der Waals surface area contributed by atoms with E-state index in [0.29, 0.717) is 28.8 Å². The van der Waals surface area contributed by atoms with Crippen molar-refractivity contribution in [1.82, 2.24) is 15.2 Å². The van der Waals surface area contributed by atoms with Crippen molar-refractivity contribution in [2.75, 3.05) is 12.4 Å². The van der Waals surface area contributed by atoms with Gasteiger partial charge in [-0.2, -0.15) is 15.3 Å². The van der Waals surface area contributed by atoms with Crippen molar-refractivity contribution in [2.45, 2.75) is 6.92 Å². The van der Waals surface area contributed by atoms with Gasteiger partial charge in [0.2, 0.25) is 5.88 Å². The number of pyridine rings is 1. The lowest BCUT2D eigenvalue weighted by atomic mass is 10.1. The number of aryl methyl sites for hydroxylation is 1. The number of anilines is 2. The highest BCUT2D eigenvalue weighted by molar-refractivity contribution is 5.90. The maximum atomic E-state index is 8.96. The van der Waals surface area contributed by atoms with Gasteiger partial charge in [-0.1, -0.05) is 0 Å². The summed E-state index contributed by atoms with van der Waals surface area (Å²) >= 11 is 0. The van der Waals surface area contributed by atoms with E-state index in [9.17, 15) is 0 Å². The molecule has 2 aromatic heterocycles. The zero-order valence-corrected chi connectivity index (χ0v) is 15.4. The number of hydrogen-bond acceptors (Lipinski definition) is 6. The number of hydrogen-bond donors (Lipinski definition) is 2. The average Bonchev–Trinajstić information content (AvgIpc) is 3.12. The van der Waals surface area contributed by atoms with Crippen LogP contribution in [0.1, 0.15) is 11.3 Å². The number of benzene rings is 2. The highest BCUT2D eigenvalue weighted by Crippen LogP contribution is 2.33. The van der Waals surface area contributed by atoms with Gasteiger partial charge in [0, 0.05) is 17.1 Å². The first-order chi connectivity index (χ1) is 13.6. The molecular weight excluding hydrogens is 354 g/mol. The number of aromatic nitrogens is 3. The molecule has 0 fully saturated rings. The van der Waals surface area contributed by atoms with Crippen molar-refractivity contribution < 1.29 is 9.47 Å². The van der Waals surface area contributed by atoms with Crippen LogP contribution in [0.4, 0.5) is 11.6 Å². The Balaban J connectivity index is 1.76. The molecule has 0 unspecified atom stereocenters. The second-order valence-electron chi connectivity index (χ2n) is 6.20. The zero-order valence-electron chi connectivity index (χ0n) is 15.4. The van der Waals surface area contributed by atoms with E-state index >= 15 is 0 Å². The standard InChI is InChI=1S/C21H17N5O2/c1-13-9-20(26-25-13)23-19-11-15-10-17(27-2)7-8-18(15)21(24-19)28-16-5-3-14(12-22)4-6-16/h3-11H,1-2H3,(H2,23,24,25,26). The number of aromatic amines is 1. The molecule has 0 saturated heterocycles. The molecule has 0 aliphatic rings. The quantitative estimate of drug-likeness (QED) is 0.529. The molecule has 0 aliphatic heterocycles. The van der Waals surface area contributed by atoms with Crippen molar-refractivity contribution in [3.63, 3.8) is 0 Å². The van der Waals surface area contributed by atoms with Crippen molar-refractivity contribution in [1.29, 1.82) is 5.26 Å². The van der Waals surface area contributed by atoms with E-state index in [0.717, 1.165) is 22.2 Å². The predicted octanol–water partition coefficient (Wildman–Crippen LogP) is 4.68. The zero-order chi connectivity index (χ0) is 19.5. The van der Waals surface area contributed by atoms with E-state index in [1.807, 2.05) is 37.3 Å². The minimum Gasteiger partial charge on any atom is -0.497 e. The third kappa shape index (κ3) is 3.57. The first kappa shape index (κ1) is 17.4. The molecule has 138 valence electrons. The molecule has 28 heavy (non-hydrogen) atoms. The highest BCUT2D eigenvalue weighted by atomic mass is 16.5. The van der Waals surface area contributed by atoms with E-state index in [-0.39, 0.29) is 0 Å². The summed E-state index contributed by atoms with van der Waals surface area (Å²) in [5.74, 6) is 3.04. The summed E-state index contributed by atoms with van der Waals surface area (Å²) < 4.78 is 11.4. The Hall–Kier alpha value is -4.05. The molecule has 0 atom stereocenters. The summed E-state index contributed by atoms with van der Waals surface area (Å²) in [5.41, 5.74) is 1.51. The Kier molecular flexibility index (Phi) is 4.52. The maximum Gasteiger partial charge on any atom is 0.229 e. The molecule has 0 spiro atoms. The second kappa shape index (κ2) is 7.29. The van der Waals surface area contributed by atoms with Crippen LogP contribution in [0.15, 0.2) is 54.6 Å². The van der Waals surface area contributed by atoms with Gasteiger partial charge in [0.1, 0.15) is 17.3 Å². The molecule has 7 nitrogen and oxygen atoms in total. The fourth-order valence-electron chi connectivity index (χ4n) is 2.80. The Labute approximate surface area is 161 Å². The van der Waals surface area contributed by atoms with Gasteiger partial charge in [-0.15, -0.1) is 0 Å². The largest absolute Gasteiger partial charge is 0.497 e. The molecule has 4 rings (SSSR count). The third-order valence-electron chi connectivity index (χ3n) is 4.16. The van der Waals surface area contributed by atoms with E-state index in [1.165, 1.54) is 0 Å². The predicted molar refractivity (Wildman–Crippen MR) is 106 cm³/mol. The Morgan fingerprint density at radius 1 is 1.00 bits per heavy atom. The van der Waals surface area contributed by atoms with Crippen LogP contribution in [0.2, 0.25) is 0 Å². The molecule has 0 amide bonds. The van der Waals surface area contributed by atoms with Crippen LogP contribution >= 0.6 is 0 Å². The van der Waals surface area contributed by atoms with Gasteiger partial charge in [0.15, 0.2) is 5.82 Å². The van der Waals surface area contributed by atoms with Crippen molar-refractivity contribution >= 4 is 22.4 Å². The number of nitrogens with zero attached hydrogens (tertiary/aromatic N) is 3. The van der Waals surface area contributed by atoms with Crippen LogP contribution in [-0.4, -0.2) is 22.3 Å². The minimum atomic E-state index is 0.444. The Bertz CT molecular complexity index is 1180. The lowest BCUT2D eigenvalue weighted by Crippen LogP contribution is -1.97. The van der Waals surface area contributed by atoms with E-state index in [2.05, 4.69) is 26.6 Å². The lowest BCUT2D eigenvalue weighted by Gasteiger charge is -2.12. The van der Waals surface area contributed by atoms with Crippen molar-refractivity contribution in [3.8, 4) is 23.4 Å². The number of fused-ring (bicyclic) bond motifs is 1. The summed E-state index contributed by atoms with van der Waals surface area (Å²) in [6.07, 6.45) is 0. The van der Waals surface area contributed by atoms with E-state index < -0.39 is 0 Å². The van der Waals surface area contributed by atoms with Crippen molar-refractivity contribution in [2.24, 2.45) is 0 Å². The first-order valence-corrected chi connectivity index (χ1v) is 8.60. The fourth-order valence-corrected chi connectivity index (χ4v) is 2.80. The number of nitriles is 1. The van der Waals surface area contributed by atoms with Gasteiger partial charge in [0.25, 0.3) is 0 Å². The molecule has 0 bridgehead atoms. The summed E-state index contributed by atoms with van der Waals surface area (Å²) in [6, 6.07) is 18.5. The molecule has 0 aliphatic carbocycles. The summed E-state index contributed by atoms with van der Waals surface area (Å²) in [4.78, 5) is 4.61. The molecule has 2 heterocycles. The van der Waals surface area contributed by atoms with Crippen LogP contribution in [0.3, 0.4) is 0 Å². The van der Waals surface area contributed by atoms with Crippen LogP contribution in [0, 0.1) is 18.3 Å². The van der Waals surface area contributed by atoms with Gasteiger partial charge in [-0.3, -0.25) is 5.10 Å². The molecule has 0 radical (unpaired) electrons. The van der Waals surface area contributed by atoms with E-state index in [4.69, 9.17) is 14.7 Å². The van der Waals surface area contributed by atoms with Gasteiger partial charge >= 0.3 is 0 Å². The normalized spacial score (nSPS) is 10.5. The summed E-state index contributed by atoms with van der Waals surface area (Å²) in [5, 5.41) is 21.0. The van der Waals surface area contributed by atoms with E-state index in [1.54, 1.807) is 31.4 Å². The smallest absolute Gasteiger partial charge is 0.229 e. The van der Waals surface area contributed by atoms with Gasteiger partial charge in [0.05, 0.1) is 18.7 Å². The number of rotatable bonds is 5. The molecular formula is C21H17N5O2. The monoisotopic (exact) mass is 371 g/mol. The SMILES string of the molecule is COc1ccc2c(Oc3ccc(C#N)cc3)nc(Nc3cc(C)[nH]n3)cc2c1. The maximum absolute atomic E-state index is 8.96. The van der Waals surface area contributed by atoms with Crippen molar-refractivity contribution in [3.05, 3.63) is 65.9 Å². The molecule has 7 heteroatoms. The molecule has 0 saturated carbocycles. The van der Waals surface area contributed by atoms with Gasteiger partial charge in [-0.05, 0) is 60.8 Å². The Morgan fingerprint density at radius 3 is 2.46 bits per heavy atom. The number of nitrogens with one attached hydrogen (secondary N) is 2. The number of ether oxygens (including phenoxy) is 2. The van der Waals surface area contributed by atoms with Gasteiger partial charge < -0.3 is 14.8 Å². The number of methoxy groups -OCH3 is 1. The summed E-state index contributed by atoms with van der Waals surface area (Å²) in [7, 11) is 1.63. The molecule has 2 aromatic carbocycles. The van der Waals surface area contributed by atoms with Crippen LogP contribution in [0.25, 0.3) is 10.8 Å². The fraction of sp³-hybridized carbons (Fsp3) is 0.0952. The summed E-state index contributed by atoms with van der Waals surface area (Å²) in [6.45, 7) is 1.93. The van der Waals surface area contributed by atoms with Crippen LogP contribution in [-0.2, 0) is 0 Å². The Morgan fingerprint density at radius 2 is 1.79 bits per heavy atom. The van der Waals surface area contributed by atoms with Gasteiger partial charge in [-0.25, -0.2) is 0 Å². The topological polar surface area (TPSA) is 95.9 Å². The number of H-pyrrole nitrogens is 1. The lowest BCUT2D eigenvalue weighted by molar-refractivity contribution is 0.415. The second-order valence-corrected chi connectivity index (χ2v) is 6.20. The average molecular weight is 371 g/mol. The first-order valence-electron chi connectivity index (χ1n) is 8.60. The molecule has 2 N–H and O–H groups in total. The van der Waals surface area contributed by atoms with Crippen LogP contribution in [0.5, 0.6) is 17.4 Å². The highest BCUT2D eigenvalue weighted by Gasteiger charge is 2.11. The minimum absolute atomic E-state index is 0.444. The van der Waals surface area contributed by atoms with Crippen LogP contribution < -0.4 is 14.8 Å². The third-order valence-corrected chi connectivity index (χ3v) is 4.16.